The van der Waals surface area contributed by atoms with Gasteiger partial charge in [0.15, 0.2) is 0 Å². The van der Waals surface area contributed by atoms with Crippen molar-refractivity contribution in [2.45, 2.75) is 75.1 Å². The summed E-state index contributed by atoms with van der Waals surface area (Å²) in [5.74, 6) is 0.202. The smallest absolute Gasteiger partial charge is 0.243 e. The van der Waals surface area contributed by atoms with E-state index in [-0.39, 0.29) is 35.1 Å². The second kappa shape index (κ2) is 8.68. The van der Waals surface area contributed by atoms with Crippen molar-refractivity contribution in [3.63, 3.8) is 0 Å². The highest BCUT2D eigenvalue weighted by molar-refractivity contribution is 8.00. The van der Waals surface area contributed by atoms with Crippen LogP contribution in [0.4, 0.5) is 4.39 Å². The standard InChI is InChI=1S/C17H28FN3O3S/c1-10-6-12(24-21-10)8-19-16(22)14-9-25-15(17(23)20-14)7-11-4-2-3-5-13(11)18/h10-15,21H,2-9H2,1H3,(H,19,22)(H,20,23)/t10?,11?,12?,13?,14?,15-/m0/s1. The summed E-state index contributed by atoms with van der Waals surface area (Å²) in [6, 6.07) is -0.236. The number of carbonyl (C=O) groups excluding carboxylic acids is 2. The molecule has 0 spiro atoms. The molecular formula is C17H28FN3O3S. The van der Waals surface area contributed by atoms with Gasteiger partial charge < -0.3 is 10.6 Å². The zero-order chi connectivity index (χ0) is 17.8. The third kappa shape index (κ3) is 5.08. The van der Waals surface area contributed by atoms with Gasteiger partial charge in [-0.1, -0.05) is 12.8 Å². The molecule has 6 atom stereocenters. The third-order valence-corrected chi connectivity index (χ3v) is 6.61. The van der Waals surface area contributed by atoms with E-state index in [0.717, 1.165) is 25.7 Å². The summed E-state index contributed by atoms with van der Waals surface area (Å²) in [6.45, 7) is 2.45. The predicted molar refractivity (Wildman–Crippen MR) is 94.7 cm³/mol. The SMILES string of the molecule is CC1CC(CNC(=O)C2CS[C@@H](CC3CCCCC3F)C(=O)N2)ON1. The Morgan fingerprint density at radius 1 is 1.40 bits per heavy atom. The molecule has 142 valence electrons. The molecule has 3 N–H and O–H groups in total. The molecule has 6 nitrogen and oxygen atoms in total. The molecule has 2 aliphatic heterocycles. The van der Waals surface area contributed by atoms with Crippen molar-refractivity contribution in [3.8, 4) is 0 Å². The first-order chi connectivity index (χ1) is 12.0. The largest absolute Gasteiger partial charge is 0.352 e. The van der Waals surface area contributed by atoms with Crippen molar-refractivity contribution in [2.24, 2.45) is 5.92 Å². The Hall–Kier alpha value is -0.860. The first-order valence-corrected chi connectivity index (χ1v) is 10.3. The molecule has 3 fully saturated rings. The van der Waals surface area contributed by atoms with Crippen LogP contribution < -0.4 is 16.1 Å². The molecule has 0 aromatic rings. The quantitative estimate of drug-likeness (QED) is 0.677. The summed E-state index contributed by atoms with van der Waals surface area (Å²) in [6.07, 6.45) is 4.08. The minimum atomic E-state index is -0.786. The van der Waals surface area contributed by atoms with Gasteiger partial charge in [0.1, 0.15) is 12.2 Å². The molecule has 3 rings (SSSR count). The highest BCUT2D eigenvalue weighted by atomic mass is 32.2. The number of hydroxylamine groups is 1. The number of halogens is 1. The maximum Gasteiger partial charge on any atom is 0.243 e. The Morgan fingerprint density at radius 2 is 2.20 bits per heavy atom. The molecule has 0 radical (unpaired) electrons. The van der Waals surface area contributed by atoms with E-state index in [1.165, 1.54) is 11.8 Å². The van der Waals surface area contributed by atoms with Crippen LogP contribution in [0.3, 0.4) is 0 Å². The van der Waals surface area contributed by atoms with Gasteiger partial charge in [0, 0.05) is 18.3 Å². The zero-order valence-electron chi connectivity index (χ0n) is 14.6. The van der Waals surface area contributed by atoms with Gasteiger partial charge in [0.2, 0.25) is 11.8 Å². The van der Waals surface area contributed by atoms with Crippen LogP contribution >= 0.6 is 11.8 Å². The maximum atomic E-state index is 14.0. The van der Waals surface area contributed by atoms with Gasteiger partial charge >= 0.3 is 0 Å². The van der Waals surface area contributed by atoms with Crippen molar-refractivity contribution >= 4 is 23.6 Å². The van der Waals surface area contributed by atoms with E-state index in [9.17, 15) is 14.0 Å². The number of rotatable bonds is 5. The number of hydrogen-bond donors (Lipinski definition) is 3. The van der Waals surface area contributed by atoms with Crippen LogP contribution in [0.1, 0.15) is 45.4 Å². The minimum absolute atomic E-state index is 0.0172. The van der Waals surface area contributed by atoms with Crippen LogP contribution in [-0.4, -0.2) is 53.7 Å². The summed E-state index contributed by atoms with van der Waals surface area (Å²) in [4.78, 5) is 29.9. The summed E-state index contributed by atoms with van der Waals surface area (Å²) >= 11 is 1.48. The predicted octanol–water partition coefficient (Wildman–Crippen LogP) is 1.30. The maximum absolute atomic E-state index is 14.0. The first kappa shape index (κ1) is 18.9. The first-order valence-electron chi connectivity index (χ1n) is 9.28. The lowest BCUT2D eigenvalue weighted by molar-refractivity contribution is -0.129. The summed E-state index contributed by atoms with van der Waals surface area (Å²) in [5, 5.41) is 5.41. The average molecular weight is 373 g/mol. The van der Waals surface area contributed by atoms with E-state index in [2.05, 4.69) is 16.1 Å². The molecule has 5 unspecified atom stereocenters. The molecule has 0 aromatic carbocycles. The van der Waals surface area contributed by atoms with Crippen LogP contribution in [0.15, 0.2) is 0 Å². The highest BCUT2D eigenvalue weighted by Gasteiger charge is 2.36. The Morgan fingerprint density at radius 3 is 2.88 bits per heavy atom. The molecule has 2 saturated heterocycles. The molecule has 25 heavy (non-hydrogen) atoms. The summed E-state index contributed by atoms with van der Waals surface area (Å²) in [5.41, 5.74) is 2.87. The Balaban J connectivity index is 1.41. The number of nitrogens with one attached hydrogen (secondary N) is 3. The number of hydrogen-bond acceptors (Lipinski definition) is 5. The van der Waals surface area contributed by atoms with Crippen molar-refractivity contribution in [3.05, 3.63) is 0 Å². The lowest BCUT2D eigenvalue weighted by Crippen LogP contribution is -2.55. The molecular weight excluding hydrogens is 345 g/mol. The van der Waals surface area contributed by atoms with Gasteiger partial charge in [-0.05, 0) is 38.5 Å². The van der Waals surface area contributed by atoms with Crippen LogP contribution in [0.5, 0.6) is 0 Å². The average Bonchev–Trinajstić information content (AvgIpc) is 3.02. The van der Waals surface area contributed by atoms with Crippen LogP contribution in [-0.2, 0) is 14.4 Å². The second-order valence-corrected chi connectivity index (χ2v) is 8.65. The molecule has 2 amide bonds. The molecule has 1 saturated carbocycles. The Labute approximate surface area is 152 Å². The van der Waals surface area contributed by atoms with E-state index in [0.29, 0.717) is 25.1 Å². The molecule has 8 heteroatoms. The number of alkyl halides is 1. The van der Waals surface area contributed by atoms with E-state index in [4.69, 9.17) is 4.84 Å². The van der Waals surface area contributed by atoms with Crippen molar-refractivity contribution < 1.29 is 18.8 Å². The van der Waals surface area contributed by atoms with Gasteiger partial charge in [-0.15, -0.1) is 11.8 Å². The highest BCUT2D eigenvalue weighted by Crippen LogP contribution is 2.34. The fourth-order valence-corrected chi connectivity index (χ4v) is 5.04. The topological polar surface area (TPSA) is 79.5 Å². The number of carbonyl (C=O) groups is 2. The van der Waals surface area contributed by atoms with Crippen molar-refractivity contribution in [1.82, 2.24) is 16.1 Å². The van der Waals surface area contributed by atoms with Gasteiger partial charge in [0.05, 0.1) is 11.4 Å². The van der Waals surface area contributed by atoms with Crippen LogP contribution in [0.25, 0.3) is 0 Å². The number of thioether (sulfide) groups is 1. The lowest BCUT2D eigenvalue weighted by Gasteiger charge is -2.32. The minimum Gasteiger partial charge on any atom is -0.352 e. The fourth-order valence-electron chi connectivity index (χ4n) is 3.78. The third-order valence-electron chi connectivity index (χ3n) is 5.28. The van der Waals surface area contributed by atoms with E-state index >= 15 is 0 Å². The van der Waals surface area contributed by atoms with Crippen LogP contribution in [0.2, 0.25) is 0 Å². The Kier molecular flexibility index (Phi) is 6.57. The van der Waals surface area contributed by atoms with E-state index in [1.54, 1.807) is 0 Å². The molecule has 2 heterocycles. The zero-order valence-corrected chi connectivity index (χ0v) is 15.4. The van der Waals surface area contributed by atoms with E-state index < -0.39 is 12.2 Å². The summed E-state index contributed by atoms with van der Waals surface area (Å²) in [7, 11) is 0. The molecule has 0 aromatic heterocycles. The van der Waals surface area contributed by atoms with E-state index in [1.807, 2.05) is 6.92 Å². The monoisotopic (exact) mass is 373 g/mol. The van der Waals surface area contributed by atoms with Gasteiger partial charge in [-0.2, -0.15) is 5.48 Å². The number of amides is 2. The normalized spacial score (nSPS) is 39.0. The van der Waals surface area contributed by atoms with Gasteiger partial charge in [-0.25, -0.2) is 4.39 Å². The summed E-state index contributed by atoms with van der Waals surface area (Å²) < 4.78 is 14.0. The van der Waals surface area contributed by atoms with Gasteiger partial charge in [-0.3, -0.25) is 14.4 Å². The second-order valence-electron chi connectivity index (χ2n) is 7.42. The van der Waals surface area contributed by atoms with Crippen LogP contribution in [0, 0.1) is 5.92 Å². The molecule has 3 aliphatic rings. The lowest BCUT2D eigenvalue weighted by atomic mass is 9.84. The Bertz CT molecular complexity index is 496. The molecule has 0 bridgehead atoms. The molecule has 1 aliphatic carbocycles. The van der Waals surface area contributed by atoms with Gasteiger partial charge in [0.25, 0.3) is 0 Å². The van der Waals surface area contributed by atoms with Crippen molar-refractivity contribution in [2.75, 3.05) is 12.3 Å². The fraction of sp³-hybridized carbons (Fsp3) is 0.882. The van der Waals surface area contributed by atoms with Crippen molar-refractivity contribution in [1.29, 1.82) is 0 Å².